The van der Waals surface area contributed by atoms with Crippen LogP contribution in [0.5, 0.6) is 5.75 Å². The molecule has 4 heterocycles. The second-order valence-electron chi connectivity index (χ2n) is 7.42. The molecule has 5 nitrogen and oxygen atoms in total. The maximum atomic E-state index is 11.1. The van der Waals surface area contributed by atoms with Crippen LogP contribution >= 0.6 is 11.3 Å². The van der Waals surface area contributed by atoms with Gasteiger partial charge >= 0.3 is 0 Å². The highest BCUT2D eigenvalue weighted by Crippen LogP contribution is 2.34. The van der Waals surface area contributed by atoms with Crippen LogP contribution in [0.4, 0.5) is 5.82 Å². The number of phenols is 1. The molecule has 4 aromatic rings. The van der Waals surface area contributed by atoms with Crippen LogP contribution in [0.3, 0.4) is 0 Å². The molecule has 6 heteroatoms. The van der Waals surface area contributed by atoms with Crippen molar-refractivity contribution >= 4 is 28.1 Å². The number of hydrogen-bond donors (Lipinski definition) is 2. The summed E-state index contributed by atoms with van der Waals surface area (Å²) in [5.74, 6) is 1.48. The van der Waals surface area contributed by atoms with E-state index in [0.717, 1.165) is 42.9 Å². The summed E-state index contributed by atoms with van der Waals surface area (Å²) in [5, 5.41) is 14.2. The number of nitrogens with zero attached hydrogens (tertiary/aromatic N) is 2. The topological polar surface area (TPSA) is 54.9 Å². The number of rotatable bonds is 4. The molecule has 0 bridgehead atoms. The third-order valence-electron chi connectivity index (χ3n) is 5.77. The minimum absolute atomic E-state index is 0.114. The second-order valence-corrected chi connectivity index (χ2v) is 8.40. The molecule has 1 fully saturated rings. The molecule has 1 atom stereocenters. The van der Waals surface area contributed by atoms with Crippen molar-refractivity contribution in [2.75, 3.05) is 31.1 Å². The molecule has 5 rings (SSSR count). The Morgan fingerprint density at radius 3 is 2.69 bits per heavy atom. The van der Waals surface area contributed by atoms with Gasteiger partial charge in [0.25, 0.3) is 5.82 Å². The number of pyridine rings is 2. The molecule has 1 saturated heterocycles. The first-order valence-corrected chi connectivity index (χ1v) is 10.9. The van der Waals surface area contributed by atoms with Crippen LogP contribution in [0, 0.1) is 0 Å². The minimum Gasteiger partial charge on any atom is -0.505 e. The van der Waals surface area contributed by atoms with Crippen LogP contribution in [0.15, 0.2) is 72.4 Å². The van der Waals surface area contributed by atoms with E-state index in [-0.39, 0.29) is 6.04 Å². The Kier molecular flexibility index (Phi) is 4.87. The highest BCUT2D eigenvalue weighted by atomic mass is 32.1. The Bertz CT molecular complexity index is 1090. The zero-order valence-corrected chi connectivity index (χ0v) is 16.9. The van der Waals surface area contributed by atoms with Gasteiger partial charge in [0.1, 0.15) is 31.7 Å². The number of aromatic nitrogens is 2. The second kappa shape index (κ2) is 7.81. The van der Waals surface area contributed by atoms with Gasteiger partial charge in [0.05, 0.1) is 16.6 Å². The normalized spacial score (nSPS) is 16.2. The van der Waals surface area contributed by atoms with E-state index in [9.17, 15) is 5.11 Å². The van der Waals surface area contributed by atoms with Crippen molar-refractivity contribution in [3.63, 3.8) is 0 Å². The van der Waals surface area contributed by atoms with Gasteiger partial charge in [-0.05, 0) is 29.6 Å². The Morgan fingerprint density at radius 1 is 1.03 bits per heavy atom. The summed E-state index contributed by atoms with van der Waals surface area (Å²) < 4.78 is 0. The summed E-state index contributed by atoms with van der Waals surface area (Å²) in [7, 11) is 0. The molecule has 0 amide bonds. The fraction of sp³-hybridized carbons (Fsp3) is 0.217. The molecule has 1 unspecified atom stereocenters. The van der Waals surface area contributed by atoms with Crippen molar-refractivity contribution in [3.05, 3.63) is 82.8 Å². The molecular formula is C23H24N4OS+2. The quantitative estimate of drug-likeness (QED) is 0.549. The van der Waals surface area contributed by atoms with Crippen LogP contribution in [0.1, 0.15) is 16.5 Å². The number of aromatic amines is 1. The number of piperazine rings is 1. The smallest absolute Gasteiger partial charge is 0.274 e. The molecule has 1 aliphatic rings. The number of fused-ring (bicyclic) bond motifs is 1. The average molecular weight is 405 g/mol. The number of phenolic OH excluding ortho intramolecular Hbond substituents is 1. The third kappa shape index (κ3) is 3.45. The molecule has 29 heavy (non-hydrogen) atoms. The van der Waals surface area contributed by atoms with E-state index in [1.165, 1.54) is 9.78 Å². The van der Waals surface area contributed by atoms with Crippen molar-refractivity contribution in [2.45, 2.75) is 6.04 Å². The summed E-state index contributed by atoms with van der Waals surface area (Å²) in [6.07, 6.45) is 3.72. The molecule has 0 spiro atoms. The van der Waals surface area contributed by atoms with Gasteiger partial charge in [0.2, 0.25) is 0 Å². The minimum atomic E-state index is 0.114. The van der Waals surface area contributed by atoms with Crippen LogP contribution in [0.2, 0.25) is 0 Å². The van der Waals surface area contributed by atoms with E-state index in [1.807, 2.05) is 24.4 Å². The number of aromatic hydroxyl groups is 1. The zero-order valence-electron chi connectivity index (χ0n) is 16.1. The van der Waals surface area contributed by atoms with Gasteiger partial charge in [-0.1, -0.05) is 24.3 Å². The molecular weight excluding hydrogens is 380 g/mol. The lowest BCUT2D eigenvalue weighted by atomic mass is 9.99. The summed E-state index contributed by atoms with van der Waals surface area (Å²) in [6, 6.07) is 18.7. The maximum Gasteiger partial charge on any atom is 0.274 e. The Labute approximate surface area is 173 Å². The van der Waals surface area contributed by atoms with E-state index >= 15 is 0 Å². The third-order valence-corrected chi connectivity index (χ3v) is 6.70. The van der Waals surface area contributed by atoms with Gasteiger partial charge < -0.3 is 10.0 Å². The van der Waals surface area contributed by atoms with E-state index in [4.69, 9.17) is 0 Å². The molecule has 1 aromatic carbocycles. The number of benzene rings is 1. The number of thiophene rings is 1. The van der Waals surface area contributed by atoms with Crippen LogP contribution in [-0.4, -0.2) is 36.3 Å². The van der Waals surface area contributed by atoms with Crippen molar-refractivity contribution in [1.82, 2.24) is 4.98 Å². The highest BCUT2D eigenvalue weighted by molar-refractivity contribution is 7.10. The van der Waals surface area contributed by atoms with Gasteiger partial charge in [0.15, 0.2) is 11.8 Å². The lowest BCUT2D eigenvalue weighted by Gasteiger charge is -2.34. The Morgan fingerprint density at radius 2 is 1.93 bits per heavy atom. The molecule has 0 aliphatic carbocycles. The first-order valence-electron chi connectivity index (χ1n) is 9.97. The standard InChI is InChI=1S/C23H22N4OS/c28-23-18(9-8-17-5-3-11-25-21(17)23)22(19-6-4-16-29-19)27-14-12-26(13-15-27)20-7-1-2-10-24-20/h1-11,16,22,28H,12-15H2/p+2. The number of hydrogen-bond acceptors (Lipinski definition) is 4. The number of nitrogens with one attached hydrogen (secondary N) is 2. The summed E-state index contributed by atoms with van der Waals surface area (Å²) in [5.41, 5.74) is 1.65. The van der Waals surface area contributed by atoms with Gasteiger partial charge in [-0.3, -0.25) is 9.88 Å². The van der Waals surface area contributed by atoms with Gasteiger partial charge in [-0.2, -0.15) is 0 Å². The SMILES string of the molecule is Oc1c(C(c2cccs2)[NH+]2CCN(c3cccc[nH+]3)CC2)ccc2cccnc12. The van der Waals surface area contributed by atoms with E-state index in [2.05, 4.69) is 56.6 Å². The molecule has 3 aromatic heterocycles. The fourth-order valence-corrected chi connectivity index (χ4v) is 5.21. The van der Waals surface area contributed by atoms with Gasteiger partial charge in [-0.15, -0.1) is 11.3 Å². The number of anilines is 1. The van der Waals surface area contributed by atoms with Gasteiger partial charge in [0, 0.05) is 17.6 Å². The lowest BCUT2D eigenvalue weighted by molar-refractivity contribution is -0.926. The predicted octanol–water partition coefficient (Wildman–Crippen LogP) is 2.31. The van der Waals surface area contributed by atoms with Crippen molar-refractivity contribution < 1.29 is 15.0 Å². The van der Waals surface area contributed by atoms with Crippen molar-refractivity contribution in [2.24, 2.45) is 0 Å². The molecule has 0 saturated carbocycles. The Balaban J connectivity index is 1.47. The first kappa shape index (κ1) is 18.1. The molecule has 0 radical (unpaired) electrons. The van der Waals surface area contributed by atoms with Crippen LogP contribution in [-0.2, 0) is 0 Å². The predicted molar refractivity (Wildman–Crippen MR) is 115 cm³/mol. The molecule has 146 valence electrons. The highest BCUT2D eigenvalue weighted by Gasteiger charge is 2.35. The summed E-state index contributed by atoms with van der Waals surface area (Å²) in [4.78, 5) is 12.9. The Hall–Kier alpha value is -2.96. The fourth-order valence-electron chi connectivity index (χ4n) is 4.31. The summed E-state index contributed by atoms with van der Waals surface area (Å²) in [6.45, 7) is 3.96. The van der Waals surface area contributed by atoms with E-state index in [0.29, 0.717) is 11.3 Å². The monoisotopic (exact) mass is 404 g/mol. The van der Waals surface area contributed by atoms with Gasteiger partial charge in [-0.25, -0.2) is 4.98 Å². The largest absolute Gasteiger partial charge is 0.505 e. The number of quaternary nitrogens is 1. The van der Waals surface area contributed by atoms with E-state index < -0.39 is 0 Å². The van der Waals surface area contributed by atoms with Crippen LogP contribution < -0.4 is 14.8 Å². The van der Waals surface area contributed by atoms with Crippen molar-refractivity contribution in [3.8, 4) is 5.75 Å². The maximum absolute atomic E-state index is 11.1. The zero-order chi connectivity index (χ0) is 19.6. The lowest BCUT2D eigenvalue weighted by Crippen LogP contribution is -3.15. The first-order chi connectivity index (χ1) is 14.3. The number of H-pyrrole nitrogens is 1. The molecule has 1 aliphatic heterocycles. The van der Waals surface area contributed by atoms with Crippen molar-refractivity contribution in [1.29, 1.82) is 0 Å². The summed E-state index contributed by atoms with van der Waals surface area (Å²) >= 11 is 1.76. The van der Waals surface area contributed by atoms with Crippen LogP contribution in [0.25, 0.3) is 10.9 Å². The van der Waals surface area contributed by atoms with E-state index in [1.54, 1.807) is 17.5 Å². The molecule has 3 N–H and O–H groups in total. The average Bonchev–Trinajstić information content (AvgIpc) is 3.31.